The summed E-state index contributed by atoms with van der Waals surface area (Å²) in [5.74, 6) is 0.466. The lowest BCUT2D eigenvalue weighted by molar-refractivity contribution is 0.799. The first-order valence-corrected chi connectivity index (χ1v) is 6.49. The molecule has 0 radical (unpaired) electrons. The van der Waals surface area contributed by atoms with Crippen LogP contribution in [-0.4, -0.2) is 0 Å². The van der Waals surface area contributed by atoms with Crippen LogP contribution in [0.5, 0.6) is 0 Å². The Balaban J connectivity index is 3.11. The van der Waals surface area contributed by atoms with Gasteiger partial charge >= 0.3 is 0 Å². The lowest BCUT2D eigenvalue weighted by atomic mass is 9.90. The summed E-state index contributed by atoms with van der Waals surface area (Å²) in [5.41, 5.74) is 11.4. The molecule has 2 N–H and O–H groups in total. The molecule has 94 valence electrons. The smallest absolute Gasteiger partial charge is 0.0268 e. The number of rotatable bonds is 4. The first-order valence-electron chi connectivity index (χ1n) is 6.49. The Morgan fingerprint density at radius 1 is 1.29 bits per heavy atom. The molecule has 17 heavy (non-hydrogen) atoms. The number of nitrogens with two attached hydrogens (primary N) is 1. The highest BCUT2D eigenvalue weighted by molar-refractivity contribution is 5.39. The summed E-state index contributed by atoms with van der Waals surface area (Å²) < 4.78 is 0. The second-order valence-corrected chi connectivity index (χ2v) is 5.01. The van der Waals surface area contributed by atoms with E-state index in [0.29, 0.717) is 5.92 Å². The van der Waals surface area contributed by atoms with Crippen molar-refractivity contribution in [1.82, 2.24) is 0 Å². The Hall–Kier alpha value is -1.08. The van der Waals surface area contributed by atoms with Crippen LogP contribution in [0.15, 0.2) is 29.8 Å². The van der Waals surface area contributed by atoms with E-state index in [-0.39, 0.29) is 6.04 Å². The second-order valence-electron chi connectivity index (χ2n) is 5.01. The van der Waals surface area contributed by atoms with Gasteiger partial charge in [-0.25, -0.2) is 0 Å². The molecule has 0 saturated carbocycles. The van der Waals surface area contributed by atoms with E-state index < -0.39 is 0 Å². The molecule has 0 spiro atoms. The normalized spacial score (nSPS) is 15.8. The summed E-state index contributed by atoms with van der Waals surface area (Å²) in [6.45, 7) is 10.9. The molecule has 0 aliphatic carbocycles. The van der Waals surface area contributed by atoms with Gasteiger partial charge in [0.15, 0.2) is 0 Å². The molecule has 0 aliphatic rings. The van der Waals surface area contributed by atoms with Crippen LogP contribution in [0.4, 0.5) is 0 Å². The van der Waals surface area contributed by atoms with Gasteiger partial charge < -0.3 is 5.73 Å². The van der Waals surface area contributed by atoms with Crippen molar-refractivity contribution in [3.63, 3.8) is 0 Å². The summed E-state index contributed by atoms with van der Waals surface area (Å²) in [6.07, 6.45) is 3.48. The standard InChI is InChI=1S/C16H25N/c1-6-11(2)10-12(3)15-8-7-9-16(13(15)4)14(5)17/h7-10,12,14H,6,17H2,1-5H3/b11-10+. The highest BCUT2D eigenvalue weighted by atomic mass is 14.6. The molecule has 2 unspecified atom stereocenters. The van der Waals surface area contributed by atoms with Gasteiger partial charge in [-0.15, -0.1) is 0 Å². The minimum Gasteiger partial charge on any atom is -0.324 e. The van der Waals surface area contributed by atoms with E-state index in [1.165, 1.54) is 22.3 Å². The molecule has 0 aromatic heterocycles. The molecule has 0 aliphatic heterocycles. The van der Waals surface area contributed by atoms with Crippen molar-refractivity contribution in [2.24, 2.45) is 5.73 Å². The van der Waals surface area contributed by atoms with Crippen molar-refractivity contribution in [3.05, 3.63) is 46.5 Å². The van der Waals surface area contributed by atoms with Gasteiger partial charge in [0.1, 0.15) is 0 Å². The average molecular weight is 231 g/mol. The molecule has 0 bridgehead atoms. The van der Waals surface area contributed by atoms with Crippen LogP contribution >= 0.6 is 0 Å². The Bertz CT molecular complexity index is 402. The van der Waals surface area contributed by atoms with Gasteiger partial charge in [-0.2, -0.15) is 0 Å². The van der Waals surface area contributed by atoms with E-state index in [0.717, 1.165) is 6.42 Å². The lowest BCUT2D eigenvalue weighted by Crippen LogP contribution is -2.09. The van der Waals surface area contributed by atoms with Crippen LogP contribution in [0.25, 0.3) is 0 Å². The fraction of sp³-hybridized carbons (Fsp3) is 0.500. The van der Waals surface area contributed by atoms with E-state index in [1.54, 1.807) is 0 Å². The number of benzene rings is 1. The third-order valence-electron chi connectivity index (χ3n) is 3.49. The summed E-state index contributed by atoms with van der Waals surface area (Å²) in [6, 6.07) is 6.57. The Morgan fingerprint density at radius 2 is 1.88 bits per heavy atom. The zero-order chi connectivity index (χ0) is 13.0. The van der Waals surface area contributed by atoms with Crippen LogP contribution < -0.4 is 5.73 Å². The largest absolute Gasteiger partial charge is 0.324 e. The van der Waals surface area contributed by atoms with Gasteiger partial charge in [0.25, 0.3) is 0 Å². The predicted molar refractivity (Wildman–Crippen MR) is 76.2 cm³/mol. The van der Waals surface area contributed by atoms with Crippen molar-refractivity contribution in [2.75, 3.05) is 0 Å². The van der Waals surface area contributed by atoms with Crippen LogP contribution in [-0.2, 0) is 0 Å². The molecule has 0 fully saturated rings. The summed E-state index contributed by atoms with van der Waals surface area (Å²) in [4.78, 5) is 0. The Morgan fingerprint density at radius 3 is 2.41 bits per heavy atom. The van der Waals surface area contributed by atoms with Crippen LogP contribution in [0, 0.1) is 6.92 Å². The summed E-state index contributed by atoms with van der Waals surface area (Å²) in [5, 5.41) is 0. The van der Waals surface area contributed by atoms with E-state index in [4.69, 9.17) is 5.73 Å². The molecular formula is C16H25N. The van der Waals surface area contributed by atoms with Gasteiger partial charge in [-0.05, 0) is 49.8 Å². The molecule has 2 atom stereocenters. The highest BCUT2D eigenvalue weighted by Gasteiger charge is 2.11. The van der Waals surface area contributed by atoms with E-state index in [9.17, 15) is 0 Å². The van der Waals surface area contributed by atoms with Crippen LogP contribution in [0.3, 0.4) is 0 Å². The molecule has 0 heterocycles. The number of allylic oxidation sites excluding steroid dienone is 2. The molecule has 1 aromatic carbocycles. The van der Waals surface area contributed by atoms with E-state index >= 15 is 0 Å². The lowest BCUT2D eigenvalue weighted by Gasteiger charge is -2.17. The van der Waals surface area contributed by atoms with E-state index in [2.05, 4.69) is 52.0 Å². The monoisotopic (exact) mass is 231 g/mol. The molecule has 1 heteroatoms. The second kappa shape index (κ2) is 6.02. The maximum Gasteiger partial charge on any atom is 0.0268 e. The van der Waals surface area contributed by atoms with Crippen molar-refractivity contribution in [1.29, 1.82) is 0 Å². The molecule has 1 aromatic rings. The number of hydrogen-bond acceptors (Lipinski definition) is 1. The van der Waals surface area contributed by atoms with Crippen LogP contribution in [0.2, 0.25) is 0 Å². The van der Waals surface area contributed by atoms with E-state index in [1.807, 2.05) is 6.92 Å². The van der Waals surface area contributed by atoms with Gasteiger partial charge in [0.05, 0.1) is 0 Å². The fourth-order valence-corrected chi connectivity index (χ4v) is 2.29. The molecule has 0 amide bonds. The average Bonchev–Trinajstić information content (AvgIpc) is 2.28. The predicted octanol–water partition coefficient (Wildman–Crippen LogP) is 4.47. The van der Waals surface area contributed by atoms with Gasteiger partial charge in [-0.3, -0.25) is 0 Å². The summed E-state index contributed by atoms with van der Waals surface area (Å²) >= 11 is 0. The minimum atomic E-state index is 0.110. The first-order chi connectivity index (χ1) is 7.97. The van der Waals surface area contributed by atoms with Crippen molar-refractivity contribution >= 4 is 0 Å². The SMILES string of the molecule is CC/C(C)=C/C(C)c1cccc(C(C)N)c1C. The third-order valence-corrected chi connectivity index (χ3v) is 3.49. The maximum atomic E-state index is 6.00. The number of hydrogen-bond donors (Lipinski definition) is 1. The quantitative estimate of drug-likeness (QED) is 0.760. The maximum absolute atomic E-state index is 6.00. The zero-order valence-electron chi connectivity index (χ0n) is 11.7. The zero-order valence-corrected chi connectivity index (χ0v) is 11.7. The van der Waals surface area contributed by atoms with Crippen molar-refractivity contribution in [3.8, 4) is 0 Å². The van der Waals surface area contributed by atoms with Gasteiger partial charge in [0, 0.05) is 6.04 Å². The van der Waals surface area contributed by atoms with Crippen molar-refractivity contribution < 1.29 is 0 Å². The van der Waals surface area contributed by atoms with Gasteiger partial charge in [-0.1, -0.05) is 43.7 Å². The molecule has 0 saturated heterocycles. The third kappa shape index (κ3) is 3.44. The first kappa shape index (κ1) is 14.0. The topological polar surface area (TPSA) is 26.0 Å². The molecular weight excluding hydrogens is 206 g/mol. The Labute approximate surface area is 106 Å². The van der Waals surface area contributed by atoms with Crippen LogP contribution in [0.1, 0.15) is 62.8 Å². The molecule has 1 nitrogen and oxygen atoms in total. The minimum absolute atomic E-state index is 0.110. The Kier molecular flexibility index (Phi) is 4.95. The van der Waals surface area contributed by atoms with Gasteiger partial charge in [0.2, 0.25) is 0 Å². The molecule has 1 rings (SSSR count). The fourth-order valence-electron chi connectivity index (χ4n) is 2.29. The highest BCUT2D eigenvalue weighted by Crippen LogP contribution is 2.27. The summed E-state index contributed by atoms with van der Waals surface area (Å²) in [7, 11) is 0. The van der Waals surface area contributed by atoms with Crippen molar-refractivity contribution in [2.45, 2.75) is 53.0 Å².